The molecule has 0 unspecified atom stereocenters. The van der Waals surface area contributed by atoms with Gasteiger partial charge in [0.25, 0.3) is 0 Å². The Morgan fingerprint density at radius 1 is 1.40 bits per heavy atom. The van der Waals surface area contributed by atoms with Crippen LogP contribution in [0.3, 0.4) is 0 Å². The standard InChI is InChI=1S/C12H16ClN3O3S/c13-9-5-4-8(20(14,18)19)7-11(9)16-12(17)10-3-1-2-6-15-10/h4-5,7,10,15H,1-3,6H2,(H,16,17)(H2,14,18,19)/t10-/m0/s1. The fourth-order valence-corrected chi connectivity index (χ4v) is 2.78. The van der Waals surface area contributed by atoms with Gasteiger partial charge >= 0.3 is 0 Å². The van der Waals surface area contributed by atoms with Gasteiger partial charge in [0.1, 0.15) is 0 Å². The first-order valence-corrected chi connectivity index (χ1v) is 8.17. The summed E-state index contributed by atoms with van der Waals surface area (Å²) in [4.78, 5) is 12.0. The number of carbonyl (C=O) groups excluding carboxylic acids is 1. The number of rotatable bonds is 3. The Morgan fingerprint density at radius 2 is 2.15 bits per heavy atom. The molecule has 0 spiro atoms. The van der Waals surface area contributed by atoms with Gasteiger partial charge < -0.3 is 10.6 Å². The van der Waals surface area contributed by atoms with E-state index in [9.17, 15) is 13.2 Å². The number of hydrogen-bond acceptors (Lipinski definition) is 4. The predicted molar refractivity (Wildman–Crippen MR) is 77.1 cm³/mol. The summed E-state index contributed by atoms with van der Waals surface area (Å²) in [7, 11) is -3.83. The first kappa shape index (κ1) is 15.2. The maximum Gasteiger partial charge on any atom is 0.241 e. The van der Waals surface area contributed by atoms with E-state index in [1.807, 2.05) is 0 Å². The first-order chi connectivity index (χ1) is 9.38. The Hall–Kier alpha value is -1.15. The van der Waals surface area contributed by atoms with Gasteiger partial charge in [0, 0.05) is 0 Å². The molecule has 20 heavy (non-hydrogen) atoms. The molecule has 1 aliphatic heterocycles. The predicted octanol–water partition coefficient (Wildman–Crippen LogP) is 1.07. The van der Waals surface area contributed by atoms with Crippen LogP contribution >= 0.6 is 11.6 Å². The molecule has 0 bridgehead atoms. The van der Waals surface area contributed by atoms with E-state index in [2.05, 4.69) is 10.6 Å². The van der Waals surface area contributed by atoms with Crippen molar-refractivity contribution in [2.24, 2.45) is 5.14 Å². The number of halogens is 1. The van der Waals surface area contributed by atoms with Crippen molar-refractivity contribution >= 4 is 33.2 Å². The molecule has 0 saturated carbocycles. The second kappa shape index (κ2) is 6.09. The topological polar surface area (TPSA) is 101 Å². The van der Waals surface area contributed by atoms with Crippen molar-refractivity contribution < 1.29 is 13.2 Å². The van der Waals surface area contributed by atoms with Crippen molar-refractivity contribution in [1.29, 1.82) is 0 Å². The molecule has 1 fully saturated rings. The number of nitrogens with two attached hydrogens (primary N) is 1. The molecule has 1 amide bonds. The van der Waals surface area contributed by atoms with Crippen LogP contribution in [0.25, 0.3) is 0 Å². The van der Waals surface area contributed by atoms with Gasteiger partial charge in [-0.3, -0.25) is 4.79 Å². The average Bonchev–Trinajstić information content (AvgIpc) is 2.41. The molecule has 0 aliphatic carbocycles. The van der Waals surface area contributed by atoms with Crippen LogP contribution in [0, 0.1) is 0 Å². The molecule has 1 atom stereocenters. The Balaban J connectivity index is 2.18. The second-order valence-corrected chi connectivity index (χ2v) is 6.65. The number of anilines is 1. The minimum absolute atomic E-state index is 0.0891. The molecule has 1 aromatic carbocycles. The lowest BCUT2D eigenvalue weighted by Crippen LogP contribution is -2.43. The molecule has 4 N–H and O–H groups in total. The highest BCUT2D eigenvalue weighted by atomic mass is 35.5. The summed E-state index contributed by atoms with van der Waals surface area (Å²) < 4.78 is 22.6. The van der Waals surface area contributed by atoms with E-state index in [0.29, 0.717) is 0 Å². The normalized spacial score (nSPS) is 19.6. The van der Waals surface area contributed by atoms with Crippen LogP contribution in [0.5, 0.6) is 0 Å². The molecule has 1 aromatic rings. The lowest BCUT2D eigenvalue weighted by molar-refractivity contribution is -0.118. The fourth-order valence-electron chi connectivity index (χ4n) is 2.07. The number of hydrogen-bond donors (Lipinski definition) is 3. The zero-order chi connectivity index (χ0) is 14.8. The van der Waals surface area contributed by atoms with Crippen LogP contribution in [0.15, 0.2) is 23.1 Å². The van der Waals surface area contributed by atoms with Crippen LogP contribution in [0.2, 0.25) is 5.02 Å². The Morgan fingerprint density at radius 3 is 2.75 bits per heavy atom. The summed E-state index contributed by atoms with van der Waals surface area (Å²) in [6, 6.07) is 3.67. The third kappa shape index (κ3) is 3.69. The van der Waals surface area contributed by atoms with Gasteiger partial charge in [-0.15, -0.1) is 0 Å². The highest BCUT2D eigenvalue weighted by molar-refractivity contribution is 7.89. The van der Waals surface area contributed by atoms with E-state index in [-0.39, 0.29) is 27.6 Å². The number of primary sulfonamides is 1. The van der Waals surface area contributed by atoms with Crippen LogP contribution in [-0.2, 0) is 14.8 Å². The molecule has 2 rings (SSSR count). The van der Waals surface area contributed by atoms with Crippen LogP contribution < -0.4 is 15.8 Å². The van der Waals surface area contributed by atoms with Gasteiger partial charge in [0.05, 0.1) is 21.6 Å². The van der Waals surface area contributed by atoms with Crippen molar-refractivity contribution in [3.63, 3.8) is 0 Å². The SMILES string of the molecule is NS(=O)(=O)c1ccc(Cl)c(NC(=O)[C@@H]2CCCCN2)c1. The molecule has 0 radical (unpaired) electrons. The van der Waals surface area contributed by atoms with Crippen LogP contribution in [0.1, 0.15) is 19.3 Å². The fraction of sp³-hybridized carbons (Fsp3) is 0.417. The minimum Gasteiger partial charge on any atom is -0.323 e. The lowest BCUT2D eigenvalue weighted by Gasteiger charge is -2.22. The Kier molecular flexibility index (Phi) is 4.64. The third-order valence-corrected chi connectivity index (χ3v) is 4.39. The summed E-state index contributed by atoms with van der Waals surface area (Å²) in [5.74, 6) is -0.224. The van der Waals surface area contributed by atoms with E-state index >= 15 is 0 Å². The highest BCUT2D eigenvalue weighted by Crippen LogP contribution is 2.25. The first-order valence-electron chi connectivity index (χ1n) is 6.24. The number of carbonyl (C=O) groups is 1. The minimum atomic E-state index is -3.83. The number of sulfonamides is 1. The van der Waals surface area contributed by atoms with Crippen molar-refractivity contribution in [2.75, 3.05) is 11.9 Å². The summed E-state index contributed by atoms with van der Waals surface area (Å²) >= 11 is 5.96. The van der Waals surface area contributed by atoms with E-state index in [0.717, 1.165) is 25.8 Å². The van der Waals surface area contributed by atoms with Gasteiger partial charge in [0.15, 0.2) is 0 Å². The van der Waals surface area contributed by atoms with E-state index in [4.69, 9.17) is 16.7 Å². The number of nitrogens with one attached hydrogen (secondary N) is 2. The summed E-state index contributed by atoms with van der Waals surface area (Å²) in [6.07, 6.45) is 2.78. The summed E-state index contributed by atoms with van der Waals surface area (Å²) in [5, 5.41) is 11.1. The molecule has 8 heteroatoms. The molecule has 1 saturated heterocycles. The molecule has 110 valence electrons. The Labute approximate surface area is 122 Å². The quantitative estimate of drug-likeness (QED) is 0.776. The van der Waals surface area contributed by atoms with E-state index in [1.165, 1.54) is 18.2 Å². The van der Waals surface area contributed by atoms with Crippen molar-refractivity contribution in [3.05, 3.63) is 23.2 Å². The molecule has 0 aromatic heterocycles. The third-order valence-electron chi connectivity index (χ3n) is 3.15. The monoisotopic (exact) mass is 317 g/mol. The summed E-state index contributed by atoms with van der Waals surface area (Å²) in [6.45, 7) is 0.795. The van der Waals surface area contributed by atoms with Gasteiger partial charge in [-0.2, -0.15) is 0 Å². The lowest BCUT2D eigenvalue weighted by atomic mass is 10.0. The number of benzene rings is 1. The smallest absolute Gasteiger partial charge is 0.241 e. The van der Waals surface area contributed by atoms with Crippen LogP contribution in [0.4, 0.5) is 5.69 Å². The molecule has 1 heterocycles. The number of piperidine rings is 1. The van der Waals surface area contributed by atoms with Gasteiger partial charge in [-0.25, -0.2) is 13.6 Å². The summed E-state index contributed by atoms with van der Waals surface area (Å²) in [5.41, 5.74) is 0.246. The molecule has 1 aliphatic rings. The molecular weight excluding hydrogens is 302 g/mol. The molecular formula is C12H16ClN3O3S. The van der Waals surface area contributed by atoms with Gasteiger partial charge in [0.2, 0.25) is 15.9 Å². The van der Waals surface area contributed by atoms with Gasteiger partial charge in [-0.1, -0.05) is 18.0 Å². The second-order valence-electron chi connectivity index (χ2n) is 4.68. The Bertz CT molecular complexity index is 612. The highest BCUT2D eigenvalue weighted by Gasteiger charge is 2.21. The maximum absolute atomic E-state index is 12.1. The molecule has 6 nitrogen and oxygen atoms in total. The van der Waals surface area contributed by atoms with E-state index < -0.39 is 10.0 Å². The van der Waals surface area contributed by atoms with Crippen molar-refractivity contribution in [3.8, 4) is 0 Å². The van der Waals surface area contributed by atoms with Crippen molar-refractivity contribution in [1.82, 2.24) is 5.32 Å². The zero-order valence-electron chi connectivity index (χ0n) is 10.7. The average molecular weight is 318 g/mol. The van der Waals surface area contributed by atoms with E-state index in [1.54, 1.807) is 0 Å². The largest absolute Gasteiger partial charge is 0.323 e. The maximum atomic E-state index is 12.1. The van der Waals surface area contributed by atoms with Crippen LogP contribution in [-0.4, -0.2) is 26.9 Å². The number of amides is 1. The zero-order valence-corrected chi connectivity index (χ0v) is 12.3. The van der Waals surface area contributed by atoms with Gasteiger partial charge in [-0.05, 0) is 37.6 Å². The van der Waals surface area contributed by atoms with Crippen molar-refractivity contribution in [2.45, 2.75) is 30.2 Å².